The number of hydrogen-bond donors (Lipinski definition) is 0. The van der Waals surface area contributed by atoms with Crippen molar-refractivity contribution < 1.29 is 19.0 Å². The highest BCUT2D eigenvalue weighted by molar-refractivity contribution is 7.22. The topological polar surface area (TPSA) is 64.1 Å². The third-order valence-electron chi connectivity index (χ3n) is 5.73. The first kappa shape index (κ1) is 24.8. The van der Waals surface area contributed by atoms with E-state index in [2.05, 4.69) is 44.7 Å². The summed E-state index contributed by atoms with van der Waals surface area (Å²) >= 11 is 1.55. The highest BCUT2D eigenvalue weighted by Crippen LogP contribution is 2.39. The molecule has 0 aliphatic heterocycles. The first-order chi connectivity index (χ1) is 15.9. The summed E-state index contributed by atoms with van der Waals surface area (Å²) in [6.07, 6.45) is 0. The van der Waals surface area contributed by atoms with Gasteiger partial charge in [0.05, 0.1) is 31.5 Å². The summed E-state index contributed by atoms with van der Waals surface area (Å²) < 4.78 is 17.5. The van der Waals surface area contributed by atoms with Gasteiger partial charge < -0.3 is 19.1 Å². The number of fused-ring (bicyclic) bond motifs is 1. The van der Waals surface area contributed by atoms with Gasteiger partial charge in [0.2, 0.25) is 5.75 Å². The molecule has 0 saturated heterocycles. The van der Waals surface area contributed by atoms with Gasteiger partial charge in [0.25, 0.3) is 5.91 Å². The number of ether oxygens (including phenoxy) is 3. The molecule has 0 aliphatic carbocycles. The average molecular weight is 472 g/mol. The third kappa shape index (κ3) is 5.23. The molecule has 0 N–H and O–H groups in total. The van der Waals surface area contributed by atoms with Crippen LogP contribution in [0.3, 0.4) is 0 Å². The zero-order chi connectivity index (χ0) is 24.1. The molecule has 0 atom stereocenters. The summed E-state index contributed by atoms with van der Waals surface area (Å²) in [5.41, 5.74) is 3.69. The molecule has 1 aromatic heterocycles. The molecule has 2 aromatic carbocycles. The number of benzene rings is 2. The minimum atomic E-state index is -0.158. The predicted octanol–water partition coefficient (Wildman–Crippen LogP) is 4.93. The van der Waals surface area contributed by atoms with E-state index in [-0.39, 0.29) is 5.91 Å². The van der Waals surface area contributed by atoms with Crippen LogP contribution in [0.2, 0.25) is 0 Å². The minimum Gasteiger partial charge on any atom is -0.493 e. The lowest BCUT2D eigenvalue weighted by molar-refractivity contribution is 0.0983. The van der Waals surface area contributed by atoms with E-state index in [1.165, 1.54) is 0 Å². The number of amides is 1. The molecule has 33 heavy (non-hydrogen) atoms. The normalized spacial score (nSPS) is 11.2. The second kappa shape index (κ2) is 10.9. The van der Waals surface area contributed by atoms with Gasteiger partial charge in [-0.15, -0.1) is 0 Å². The summed E-state index contributed by atoms with van der Waals surface area (Å²) in [4.78, 5) is 22.7. The molecular formula is C25H33N3O4S. The SMILES string of the molecule is CCN(CC)CCN(C(=O)c1cc(OC)c(OC)c(OC)c1)c1nc2cc(C)cc(C)c2s1. The Morgan fingerprint density at radius 1 is 0.939 bits per heavy atom. The van der Waals surface area contributed by atoms with E-state index < -0.39 is 0 Å². The molecule has 0 spiro atoms. The first-order valence-corrected chi connectivity index (χ1v) is 11.9. The number of thiazole rings is 1. The first-order valence-electron chi connectivity index (χ1n) is 11.1. The molecule has 0 fully saturated rings. The van der Waals surface area contributed by atoms with Crippen LogP contribution in [0.4, 0.5) is 5.13 Å². The fourth-order valence-corrected chi connectivity index (χ4v) is 4.95. The summed E-state index contributed by atoms with van der Waals surface area (Å²) in [6, 6.07) is 7.59. The van der Waals surface area contributed by atoms with Crippen molar-refractivity contribution in [3.63, 3.8) is 0 Å². The molecule has 3 aromatic rings. The van der Waals surface area contributed by atoms with Crippen LogP contribution in [0.15, 0.2) is 24.3 Å². The van der Waals surface area contributed by atoms with Crippen molar-refractivity contribution in [2.45, 2.75) is 27.7 Å². The van der Waals surface area contributed by atoms with Crippen LogP contribution in [-0.2, 0) is 0 Å². The highest BCUT2D eigenvalue weighted by Gasteiger charge is 2.25. The highest BCUT2D eigenvalue weighted by atomic mass is 32.1. The number of anilines is 1. The van der Waals surface area contributed by atoms with Gasteiger partial charge in [-0.3, -0.25) is 9.69 Å². The number of hydrogen-bond acceptors (Lipinski definition) is 7. The van der Waals surface area contributed by atoms with E-state index in [4.69, 9.17) is 19.2 Å². The number of likely N-dealkylation sites (N-methyl/N-ethyl adjacent to an activating group) is 1. The van der Waals surface area contributed by atoms with E-state index in [1.54, 1.807) is 49.7 Å². The standard InChI is InChI=1S/C25H33N3O4S/c1-8-27(9-2)10-11-28(25-26-19-13-16(3)12-17(4)23(19)33-25)24(29)18-14-20(30-5)22(32-7)21(15-18)31-6/h12-15H,8-11H2,1-7H3. The molecule has 1 heterocycles. The fourth-order valence-electron chi connectivity index (χ4n) is 3.91. The number of carbonyl (C=O) groups is 1. The molecule has 0 bridgehead atoms. The Morgan fingerprint density at radius 2 is 1.58 bits per heavy atom. The van der Waals surface area contributed by atoms with E-state index >= 15 is 0 Å². The second-order valence-corrected chi connectivity index (χ2v) is 8.80. The van der Waals surface area contributed by atoms with Gasteiger partial charge in [-0.2, -0.15) is 0 Å². The van der Waals surface area contributed by atoms with Gasteiger partial charge in [-0.25, -0.2) is 4.98 Å². The van der Waals surface area contributed by atoms with Crippen LogP contribution in [0.5, 0.6) is 17.2 Å². The van der Waals surface area contributed by atoms with Gasteiger partial charge in [0.15, 0.2) is 16.6 Å². The van der Waals surface area contributed by atoms with Crippen molar-refractivity contribution in [2.75, 3.05) is 52.4 Å². The molecule has 1 amide bonds. The number of nitrogens with zero attached hydrogens (tertiary/aromatic N) is 3. The molecule has 7 nitrogen and oxygen atoms in total. The fraction of sp³-hybridized carbons (Fsp3) is 0.440. The van der Waals surface area contributed by atoms with Crippen LogP contribution >= 0.6 is 11.3 Å². The van der Waals surface area contributed by atoms with Crippen LogP contribution in [-0.4, -0.2) is 63.3 Å². The Balaban J connectivity index is 2.08. The Labute approximate surface area is 199 Å². The lowest BCUT2D eigenvalue weighted by atomic mass is 10.1. The second-order valence-electron chi connectivity index (χ2n) is 7.82. The Morgan fingerprint density at radius 3 is 2.12 bits per heavy atom. The lowest BCUT2D eigenvalue weighted by Crippen LogP contribution is -2.38. The molecular weight excluding hydrogens is 438 g/mol. The smallest absolute Gasteiger partial charge is 0.260 e. The van der Waals surface area contributed by atoms with Gasteiger partial charge in [-0.1, -0.05) is 31.3 Å². The molecule has 0 saturated carbocycles. The number of carbonyl (C=O) groups excluding carboxylic acids is 1. The van der Waals surface area contributed by atoms with E-state index in [1.807, 2.05) is 0 Å². The largest absolute Gasteiger partial charge is 0.493 e. The van der Waals surface area contributed by atoms with E-state index in [9.17, 15) is 4.79 Å². The number of aryl methyl sites for hydroxylation is 2. The Hall–Kier alpha value is -2.84. The number of methoxy groups -OCH3 is 3. The molecule has 8 heteroatoms. The van der Waals surface area contributed by atoms with Crippen LogP contribution in [0.25, 0.3) is 10.2 Å². The predicted molar refractivity (Wildman–Crippen MR) is 135 cm³/mol. The molecule has 0 radical (unpaired) electrons. The van der Waals surface area contributed by atoms with Crippen molar-refractivity contribution in [1.82, 2.24) is 9.88 Å². The molecule has 178 valence electrons. The lowest BCUT2D eigenvalue weighted by Gasteiger charge is -2.25. The molecule has 3 rings (SSSR count). The maximum Gasteiger partial charge on any atom is 0.260 e. The van der Waals surface area contributed by atoms with E-state index in [0.717, 1.165) is 41.0 Å². The summed E-state index contributed by atoms with van der Waals surface area (Å²) in [5, 5.41) is 0.685. The number of rotatable bonds is 10. The van der Waals surface area contributed by atoms with Gasteiger partial charge in [-0.05, 0) is 56.3 Å². The van der Waals surface area contributed by atoms with Crippen molar-refractivity contribution in [3.05, 3.63) is 41.0 Å². The van der Waals surface area contributed by atoms with Crippen molar-refractivity contribution in [3.8, 4) is 17.2 Å². The van der Waals surface area contributed by atoms with E-state index in [0.29, 0.717) is 34.5 Å². The number of aromatic nitrogens is 1. The molecule has 0 aliphatic rings. The molecule has 0 unspecified atom stereocenters. The Bertz CT molecular complexity index is 1100. The summed E-state index contributed by atoms with van der Waals surface area (Å²) in [5.74, 6) is 1.19. The maximum atomic E-state index is 13.8. The van der Waals surface area contributed by atoms with Gasteiger partial charge >= 0.3 is 0 Å². The summed E-state index contributed by atoms with van der Waals surface area (Å²) in [6.45, 7) is 11.5. The third-order valence-corrected chi connectivity index (χ3v) is 6.96. The quantitative estimate of drug-likeness (QED) is 0.418. The van der Waals surface area contributed by atoms with Crippen LogP contribution < -0.4 is 19.1 Å². The van der Waals surface area contributed by atoms with Crippen LogP contribution in [0.1, 0.15) is 35.3 Å². The average Bonchev–Trinajstić information content (AvgIpc) is 3.24. The maximum absolute atomic E-state index is 13.8. The van der Waals surface area contributed by atoms with Crippen LogP contribution in [0, 0.1) is 13.8 Å². The zero-order valence-corrected chi connectivity index (χ0v) is 21.3. The van der Waals surface area contributed by atoms with Gasteiger partial charge in [0, 0.05) is 18.7 Å². The van der Waals surface area contributed by atoms with Crippen molar-refractivity contribution in [2.24, 2.45) is 0 Å². The monoisotopic (exact) mass is 471 g/mol. The van der Waals surface area contributed by atoms with Crippen molar-refractivity contribution in [1.29, 1.82) is 0 Å². The van der Waals surface area contributed by atoms with Gasteiger partial charge in [0.1, 0.15) is 0 Å². The summed E-state index contributed by atoms with van der Waals surface area (Å²) in [7, 11) is 4.63. The minimum absolute atomic E-state index is 0.158. The van der Waals surface area contributed by atoms with Crippen molar-refractivity contribution >= 4 is 32.6 Å². The Kier molecular flexibility index (Phi) is 8.15. The zero-order valence-electron chi connectivity index (χ0n) is 20.5.